The maximum absolute atomic E-state index is 5.87. The molecule has 1 heterocycles. The maximum atomic E-state index is 5.87. The zero-order chi connectivity index (χ0) is 13.7. The second-order valence-electron chi connectivity index (χ2n) is 4.87. The van der Waals surface area contributed by atoms with E-state index in [-0.39, 0.29) is 0 Å². The highest BCUT2D eigenvalue weighted by atomic mass is 16.5. The van der Waals surface area contributed by atoms with E-state index in [0.29, 0.717) is 6.04 Å². The predicted molar refractivity (Wildman–Crippen MR) is 77.5 cm³/mol. The molecule has 0 aliphatic heterocycles. The number of nitrogens with zero attached hydrogens (tertiary/aromatic N) is 1. The molecular weight excluding hydrogens is 236 g/mol. The zero-order valence-electron chi connectivity index (χ0n) is 11.7. The molecule has 100 valence electrons. The van der Waals surface area contributed by atoms with Crippen molar-refractivity contribution in [3.8, 4) is 11.5 Å². The Morgan fingerprint density at radius 3 is 2.79 bits per heavy atom. The topological polar surface area (TPSA) is 34.1 Å². The first-order valence-electron chi connectivity index (χ1n) is 6.57. The lowest BCUT2D eigenvalue weighted by atomic mass is 10.2. The van der Waals surface area contributed by atoms with Gasteiger partial charge in [-0.25, -0.2) is 0 Å². The first-order valence-corrected chi connectivity index (χ1v) is 6.57. The normalized spacial score (nSPS) is 10.7. The molecule has 0 saturated carbocycles. The summed E-state index contributed by atoms with van der Waals surface area (Å²) in [4.78, 5) is 4.22. The molecule has 0 unspecified atom stereocenters. The van der Waals surface area contributed by atoms with E-state index < -0.39 is 0 Å². The van der Waals surface area contributed by atoms with Crippen molar-refractivity contribution in [2.75, 3.05) is 0 Å². The molecule has 2 rings (SSSR count). The highest BCUT2D eigenvalue weighted by molar-refractivity contribution is 5.35. The van der Waals surface area contributed by atoms with Crippen LogP contribution in [0, 0.1) is 6.92 Å². The summed E-state index contributed by atoms with van der Waals surface area (Å²) in [5, 5.41) is 3.40. The number of pyridine rings is 1. The van der Waals surface area contributed by atoms with E-state index in [1.807, 2.05) is 31.2 Å². The Morgan fingerprint density at radius 2 is 2.05 bits per heavy atom. The smallest absolute Gasteiger partial charge is 0.148 e. The van der Waals surface area contributed by atoms with Gasteiger partial charge in [-0.1, -0.05) is 26.0 Å². The lowest BCUT2D eigenvalue weighted by molar-refractivity contribution is 0.474. The van der Waals surface area contributed by atoms with Crippen molar-refractivity contribution in [2.45, 2.75) is 33.4 Å². The molecule has 0 spiro atoms. The summed E-state index contributed by atoms with van der Waals surface area (Å²) in [6.07, 6.45) is 1.77. The van der Waals surface area contributed by atoms with E-state index in [1.165, 1.54) is 5.56 Å². The molecule has 0 radical (unpaired) electrons. The van der Waals surface area contributed by atoms with Crippen LogP contribution in [0.1, 0.15) is 25.1 Å². The molecule has 1 aromatic heterocycles. The van der Waals surface area contributed by atoms with Gasteiger partial charge in [0.1, 0.15) is 11.5 Å². The summed E-state index contributed by atoms with van der Waals surface area (Å²) in [6, 6.07) is 12.4. The van der Waals surface area contributed by atoms with Gasteiger partial charge >= 0.3 is 0 Å². The third-order valence-corrected chi connectivity index (χ3v) is 2.80. The zero-order valence-corrected chi connectivity index (χ0v) is 11.7. The van der Waals surface area contributed by atoms with Crippen molar-refractivity contribution in [1.82, 2.24) is 10.3 Å². The van der Waals surface area contributed by atoms with E-state index in [9.17, 15) is 0 Å². The molecule has 3 nitrogen and oxygen atoms in total. The Balaban J connectivity index is 2.09. The largest absolute Gasteiger partial charge is 0.455 e. The fourth-order valence-corrected chi connectivity index (χ4v) is 1.75. The molecule has 0 aliphatic carbocycles. The summed E-state index contributed by atoms with van der Waals surface area (Å²) in [6.45, 7) is 7.07. The summed E-state index contributed by atoms with van der Waals surface area (Å²) in [5.41, 5.74) is 2.11. The Labute approximate surface area is 114 Å². The van der Waals surface area contributed by atoms with Gasteiger partial charge in [-0.3, -0.25) is 4.98 Å². The van der Waals surface area contributed by atoms with Gasteiger partial charge in [0.05, 0.1) is 5.69 Å². The summed E-state index contributed by atoms with van der Waals surface area (Å²) >= 11 is 0. The van der Waals surface area contributed by atoms with Crippen LogP contribution in [0.25, 0.3) is 0 Å². The molecule has 0 amide bonds. The van der Waals surface area contributed by atoms with Crippen LogP contribution in [0.3, 0.4) is 0 Å². The number of hydrogen-bond acceptors (Lipinski definition) is 3. The van der Waals surface area contributed by atoms with Crippen molar-refractivity contribution < 1.29 is 4.74 Å². The fraction of sp³-hybridized carbons (Fsp3) is 0.312. The molecule has 3 heteroatoms. The van der Waals surface area contributed by atoms with E-state index in [0.717, 1.165) is 23.7 Å². The van der Waals surface area contributed by atoms with E-state index >= 15 is 0 Å². The van der Waals surface area contributed by atoms with Gasteiger partial charge in [0.25, 0.3) is 0 Å². The number of aromatic nitrogens is 1. The van der Waals surface area contributed by atoms with Gasteiger partial charge in [-0.2, -0.15) is 0 Å². The van der Waals surface area contributed by atoms with E-state index in [2.05, 4.69) is 36.3 Å². The van der Waals surface area contributed by atoms with Gasteiger partial charge in [0.15, 0.2) is 0 Å². The van der Waals surface area contributed by atoms with Crippen LogP contribution in [0.5, 0.6) is 11.5 Å². The van der Waals surface area contributed by atoms with E-state index in [1.54, 1.807) is 6.20 Å². The number of benzene rings is 1. The summed E-state index contributed by atoms with van der Waals surface area (Å²) < 4.78 is 5.87. The minimum Gasteiger partial charge on any atom is -0.455 e. The molecule has 19 heavy (non-hydrogen) atoms. The number of rotatable bonds is 5. The standard InChI is InChI=1S/C16H20N2O/c1-12(2)18-11-14-6-4-7-15(10-14)19-16-8-5-9-17-13(16)3/h4-10,12,18H,11H2,1-3H3. The van der Waals surface area contributed by atoms with Crippen LogP contribution < -0.4 is 10.1 Å². The fourth-order valence-electron chi connectivity index (χ4n) is 1.75. The van der Waals surface area contributed by atoms with Crippen LogP contribution in [0.2, 0.25) is 0 Å². The molecule has 0 atom stereocenters. The van der Waals surface area contributed by atoms with Gasteiger partial charge in [0, 0.05) is 18.8 Å². The van der Waals surface area contributed by atoms with E-state index in [4.69, 9.17) is 4.74 Å². The van der Waals surface area contributed by atoms with Crippen LogP contribution >= 0.6 is 0 Å². The maximum Gasteiger partial charge on any atom is 0.148 e. The van der Waals surface area contributed by atoms with Gasteiger partial charge < -0.3 is 10.1 Å². The lowest BCUT2D eigenvalue weighted by Crippen LogP contribution is -2.21. The van der Waals surface area contributed by atoms with Crippen molar-refractivity contribution in [3.05, 3.63) is 53.9 Å². The second-order valence-corrected chi connectivity index (χ2v) is 4.87. The molecule has 0 fully saturated rings. The number of hydrogen-bond donors (Lipinski definition) is 1. The van der Waals surface area contributed by atoms with Crippen LogP contribution in [0.4, 0.5) is 0 Å². The SMILES string of the molecule is Cc1ncccc1Oc1cccc(CNC(C)C)c1. The molecule has 2 aromatic rings. The average molecular weight is 256 g/mol. The first-order chi connectivity index (χ1) is 9.15. The lowest BCUT2D eigenvalue weighted by Gasteiger charge is -2.11. The monoisotopic (exact) mass is 256 g/mol. The number of nitrogens with one attached hydrogen (secondary N) is 1. The molecular formula is C16H20N2O. The molecule has 1 N–H and O–H groups in total. The van der Waals surface area contributed by atoms with Crippen LogP contribution in [-0.4, -0.2) is 11.0 Å². The Bertz CT molecular complexity index is 538. The highest BCUT2D eigenvalue weighted by Crippen LogP contribution is 2.23. The Kier molecular flexibility index (Phi) is 4.53. The van der Waals surface area contributed by atoms with Crippen molar-refractivity contribution in [1.29, 1.82) is 0 Å². The van der Waals surface area contributed by atoms with Gasteiger partial charge in [0.2, 0.25) is 0 Å². The first kappa shape index (κ1) is 13.6. The molecule has 1 aromatic carbocycles. The minimum atomic E-state index is 0.477. The van der Waals surface area contributed by atoms with Crippen LogP contribution in [-0.2, 0) is 6.54 Å². The van der Waals surface area contributed by atoms with Crippen molar-refractivity contribution in [3.63, 3.8) is 0 Å². The summed E-state index contributed by atoms with van der Waals surface area (Å²) in [7, 11) is 0. The molecule has 0 bridgehead atoms. The second kappa shape index (κ2) is 6.34. The number of ether oxygens (including phenoxy) is 1. The van der Waals surface area contributed by atoms with Gasteiger partial charge in [-0.05, 0) is 36.8 Å². The molecule has 0 saturated heterocycles. The third kappa shape index (κ3) is 4.07. The van der Waals surface area contributed by atoms with Crippen LogP contribution in [0.15, 0.2) is 42.6 Å². The quantitative estimate of drug-likeness (QED) is 0.886. The van der Waals surface area contributed by atoms with Crippen molar-refractivity contribution in [2.24, 2.45) is 0 Å². The Hall–Kier alpha value is -1.87. The Morgan fingerprint density at radius 1 is 1.21 bits per heavy atom. The minimum absolute atomic E-state index is 0.477. The number of aryl methyl sites for hydroxylation is 1. The van der Waals surface area contributed by atoms with Gasteiger partial charge in [-0.15, -0.1) is 0 Å². The third-order valence-electron chi connectivity index (χ3n) is 2.80. The molecule has 0 aliphatic rings. The highest BCUT2D eigenvalue weighted by Gasteiger charge is 2.02. The van der Waals surface area contributed by atoms with Crippen molar-refractivity contribution >= 4 is 0 Å². The predicted octanol–water partition coefficient (Wildman–Crippen LogP) is 3.68. The summed E-state index contributed by atoms with van der Waals surface area (Å²) in [5.74, 6) is 1.65. The average Bonchev–Trinajstić information content (AvgIpc) is 2.40.